The van der Waals surface area contributed by atoms with Crippen molar-refractivity contribution in [1.82, 2.24) is 9.55 Å². The van der Waals surface area contributed by atoms with Crippen LogP contribution in [0.1, 0.15) is 6.92 Å². The monoisotopic (exact) mass is 283 g/mol. The Bertz CT molecular complexity index is 496. The average molecular weight is 284 g/mol. The molecule has 0 fully saturated rings. The predicted octanol–water partition coefficient (Wildman–Crippen LogP) is 3.21. The minimum absolute atomic E-state index is 0.263. The molecule has 1 heterocycles. The molecule has 0 radical (unpaired) electrons. The fourth-order valence-electron chi connectivity index (χ4n) is 1.46. The van der Waals surface area contributed by atoms with Gasteiger partial charge in [-0.25, -0.2) is 9.37 Å². The van der Waals surface area contributed by atoms with E-state index in [9.17, 15) is 4.39 Å². The van der Waals surface area contributed by atoms with Gasteiger partial charge in [-0.1, -0.05) is 0 Å². The van der Waals surface area contributed by atoms with Crippen LogP contribution in [0.2, 0.25) is 0 Å². The number of anilines is 1. The molecular formula is C11H11BrFN3. The van der Waals surface area contributed by atoms with Crippen molar-refractivity contribution in [2.75, 3.05) is 11.9 Å². The topological polar surface area (TPSA) is 29.9 Å². The van der Waals surface area contributed by atoms with E-state index in [0.717, 1.165) is 18.2 Å². The van der Waals surface area contributed by atoms with Crippen molar-refractivity contribution in [2.24, 2.45) is 0 Å². The number of halogens is 2. The SMILES string of the molecule is CCNc1nccn1-c1ccc(F)cc1Br. The van der Waals surface area contributed by atoms with Gasteiger partial charge in [0, 0.05) is 23.4 Å². The van der Waals surface area contributed by atoms with Crippen LogP contribution in [0.4, 0.5) is 10.3 Å². The summed E-state index contributed by atoms with van der Waals surface area (Å²) in [6, 6.07) is 4.57. The van der Waals surface area contributed by atoms with Gasteiger partial charge < -0.3 is 5.32 Å². The molecule has 0 aliphatic rings. The molecule has 0 saturated heterocycles. The lowest BCUT2D eigenvalue weighted by Gasteiger charge is -2.10. The van der Waals surface area contributed by atoms with Gasteiger partial charge in [-0.15, -0.1) is 0 Å². The maximum absolute atomic E-state index is 13.0. The van der Waals surface area contributed by atoms with Crippen molar-refractivity contribution in [2.45, 2.75) is 6.92 Å². The molecule has 0 spiro atoms. The van der Waals surface area contributed by atoms with Gasteiger partial charge in [-0.05, 0) is 41.1 Å². The fourth-order valence-corrected chi connectivity index (χ4v) is 2.01. The van der Waals surface area contributed by atoms with Crippen molar-refractivity contribution in [3.05, 3.63) is 40.9 Å². The van der Waals surface area contributed by atoms with Gasteiger partial charge in [-0.3, -0.25) is 4.57 Å². The Labute approximate surface area is 101 Å². The smallest absolute Gasteiger partial charge is 0.207 e. The molecule has 0 unspecified atom stereocenters. The Hall–Kier alpha value is -1.36. The zero-order valence-electron chi connectivity index (χ0n) is 8.74. The number of imidazole rings is 1. The second kappa shape index (κ2) is 4.65. The van der Waals surface area contributed by atoms with E-state index in [4.69, 9.17) is 0 Å². The van der Waals surface area contributed by atoms with E-state index >= 15 is 0 Å². The van der Waals surface area contributed by atoms with Crippen LogP contribution in [0.25, 0.3) is 5.69 Å². The largest absolute Gasteiger partial charge is 0.356 e. The lowest BCUT2D eigenvalue weighted by molar-refractivity contribution is 0.626. The molecule has 0 atom stereocenters. The summed E-state index contributed by atoms with van der Waals surface area (Å²) in [4.78, 5) is 4.18. The third-order valence-corrected chi connectivity index (χ3v) is 2.78. The van der Waals surface area contributed by atoms with Gasteiger partial charge in [0.25, 0.3) is 0 Å². The Morgan fingerprint density at radius 3 is 3.00 bits per heavy atom. The average Bonchev–Trinajstić information content (AvgIpc) is 2.67. The summed E-state index contributed by atoms with van der Waals surface area (Å²) in [6.45, 7) is 2.79. The second-order valence-corrected chi connectivity index (χ2v) is 4.10. The summed E-state index contributed by atoms with van der Waals surface area (Å²) < 4.78 is 15.5. The summed E-state index contributed by atoms with van der Waals surface area (Å²) >= 11 is 3.34. The van der Waals surface area contributed by atoms with Crippen molar-refractivity contribution in [3.8, 4) is 5.69 Å². The fraction of sp³-hybridized carbons (Fsp3) is 0.182. The first kappa shape index (κ1) is 11.1. The number of hydrogen-bond acceptors (Lipinski definition) is 2. The molecule has 1 aromatic carbocycles. The number of benzene rings is 1. The van der Waals surface area contributed by atoms with Gasteiger partial charge in [-0.2, -0.15) is 0 Å². The second-order valence-electron chi connectivity index (χ2n) is 3.25. The Morgan fingerprint density at radius 1 is 1.50 bits per heavy atom. The summed E-state index contributed by atoms with van der Waals surface area (Å²) in [6.07, 6.45) is 3.53. The van der Waals surface area contributed by atoms with Crippen molar-refractivity contribution >= 4 is 21.9 Å². The zero-order chi connectivity index (χ0) is 11.5. The van der Waals surface area contributed by atoms with E-state index < -0.39 is 0 Å². The molecular weight excluding hydrogens is 273 g/mol. The predicted molar refractivity (Wildman–Crippen MR) is 65.4 cm³/mol. The lowest BCUT2D eigenvalue weighted by atomic mass is 10.3. The highest BCUT2D eigenvalue weighted by molar-refractivity contribution is 9.10. The minimum Gasteiger partial charge on any atom is -0.356 e. The number of rotatable bonds is 3. The molecule has 3 nitrogen and oxygen atoms in total. The van der Waals surface area contributed by atoms with E-state index in [1.54, 1.807) is 12.3 Å². The molecule has 16 heavy (non-hydrogen) atoms. The van der Waals surface area contributed by atoms with Crippen LogP contribution >= 0.6 is 15.9 Å². The lowest BCUT2D eigenvalue weighted by Crippen LogP contribution is -2.05. The maximum Gasteiger partial charge on any atom is 0.207 e. The van der Waals surface area contributed by atoms with Crippen molar-refractivity contribution in [1.29, 1.82) is 0 Å². The molecule has 2 aromatic rings. The first-order valence-corrected chi connectivity index (χ1v) is 5.74. The van der Waals surface area contributed by atoms with E-state index in [-0.39, 0.29) is 5.82 Å². The highest BCUT2D eigenvalue weighted by Gasteiger charge is 2.07. The zero-order valence-corrected chi connectivity index (χ0v) is 10.3. The quantitative estimate of drug-likeness (QED) is 0.938. The highest BCUT2D eigenvalue weighted by atomic mass is 79.9. The van der Waals surface area contributed by atoms with E-state index in [1.807, 2.05) is 17.7 Å². The summed E-state index contributed by atoms with van der Waals surface area (Å²) in [5.74, 6) is 0.482. The number of nitrogens with one attached hydrogen (secondary N) is 1. The molecule has 0 bridgehead atoms. The molecule has 5 heteroatoms. The van der Waals surface area contributed by atoms with Crippen molar-refractivity contribution in [3.63, 3.8) is 0 Å². The van der Waals surface area contributed by atoms with Crippen LogP contribution in [0.5, 0.6) is 0 Å². The summed E-state index contributed by atoms with van der Waals surface area (Å²) in [5.41, 5.74) is 0.856. The number of nitrogens with zero attached hydrogens (tertiary/aromatic N) is 2. The molecule has 1 N–H and O–H groups in total. The van der Waals surface area contributed by atoms with E-state index in [0.29, 0.717) is 4.47 Å². The van der Waals surface area contributed by atoms with Crippen LogP contribution in [0.3, 0.4) is 0 Å². The van der Waals surface area contributed by atoms with Crippen LogP contribution in [-0.2, 0) is 0 Å². The summed E-state index contributed by atoms with van der Waals surface area (Å²) in [5, 5.41) is 3.13. The van der Waals surface area contributed by atoms with Crippen LogP contribution in [0, 0.1) is 5.82 Å². The minimum atomic E-state index is -0.263. The van der Waals surface area contributed by atoms with Crippen LogP contribution in [-0.4, -0.2) is 16.1 Å². The van der Waals surface area contributed by atoms with Gasteiger partial charge in [0.1, 0.15) is 5.82 Å². The molecule has 2 rings (SSSR count). The number of aromatic nitrogens is 2. The van der Waals surface area contributed by atoms with Crippen molar-refractivity contribution < 1.29 is 4.39 Å². The highest BCUT2D eigenvalue weighted by Crippen LogP contribution is 2.24. The van der Waals surface area contributed by atoms with Crippen LogP contribution in [0.15, 0.2) is 35.1 Å². The van der Waals surface area contributed by atoms with Crippen LogP contribution < -0.4 is 5.32 Å². The third kappa shape index (κ3) is 2.09. The van der Waals surface area contributed by atoms with E-state index in [2.05, 4.69) is 26.2 Å². The van der Waals surface area contributed by atoms with Gasteiger partial charge >= 0.3 is 0 Å². The molecule has 0 aliphatic heterocycles. The normalized spacial score (nSPS) is 10.4. The van der Waals surface area contributed by atoms with Gasteiger partial charge in [0.05, 0.1) is 5.69 Å². The molecule has 84 valence electrons. The third-order valence-electron chi connectivity index (χ3n) is 2.14. The first-order chi connectivity index (χ1) is 7.72. The molecule has 0 amide bonds. The Morgan fingerprint density at radius 2 is 2.31 bits per heavy atom. The Kier molecular flexibility index (Phi) is 3.24. The van der Waals surface area contributed by atoms with Gasteiger partial charge in [0.15, 0.2) is 0 Å². The standard InChI is InChI=1S/C11H11BrFN3/c1-2-14-11-15-5-6-16(11)10-4-3-8(13)7-9(10)12/h3-7H,2H2,1H3,(H,14,15). The van der Waals surface area contributed by atoms with E-state index in [1.165, 1.54) is 12.1 Å². The maximum atomic E-state index is 13.0. The summed E-state index contributed by atoms with van der Waals surface area (Å²) in [7, 11) is 0. The van der Waals surface area contributed by atoms with Gasteiger partial charge in [0.2, 0.25) is 5.95 Å². The molecule has 0 aliphatic carbocycles. The molecule has 0 saturated carbocycles. The number of hydrogen-bond donors (Lipinski definition) is 1. The first-order valence-electron chi connectivity index (χ1n) is 4.95. The Balaban J connectivity index is 2.46. The molecule has 1 aromatic heterocycles.